The van der Waals surface area contributed by atoms with Crippen LogP contribution in [0.4, 0.5) is 0 Å². The van der Waals surface area contributed by atoms with Gasteiger partial charge in [-0.05, 0) is 6.92 Å². The second-order valence-corrected chi connectivity index (χ2v) is 2.78. The molecule has 1 heterocycles. The third kappa shape index (κ3) is 1.59. The van der Waals surface area contributed by atoms with Crippen LogP contribution in [0.25, 0.3) is 11.3 Å². The maximum Gasteiger partial charge on any atom is 0.113 e. The predicted molar refractivity (Wildman–Crippen MR) is 51.1 cm³/mol. The molecule has 0 saturated heterocycles. The molecule has 0 fully saturated rings. The molecule has 2 rings (SSSR count). The highest BCUT2D eigenvalue weighted by Crippen LogP contribution is 2.13. The van der Waals surface area contributed by atoms with Gasteiger partial charge in [0.2, 0.25) is 0 Å². The largest absolute Gasteiger partial charge is 0.185 e. The van der Waals surface area contributed by atoms with Crippen LogP contribution in [-0.2, 0) is 6.54 Å². The minimum Gasteiger partial charge on any atom is -0.185 e. The van der Waals surface area contributed by atoms with Crippen molar-refractivity contribution in [2.45, 2.75) is 13.5 Å². The molecule has 1 aromatic carbocycles. The highest BCUT2D eigenvalue weighted by atomic mass is 15.5. The van der Waals surface area contributed by atoms with Gasteiger partial charge in [0.05, 0.1) is 12.7 Å². The molecule has 3 nitrogen and oxygen atoms in total. The summed E-state index contributed by atoms with van der Waals surface area (Å²) in [5.74, 6) is 0. The van der Waals surface area contributed by atoms with Crippen molar-refractivity contribution in [3.63, 3.8) is 0 Å². The van der Waals surface area contributed by atoms with E-state index in [0.29, 0.717) is 0 Å². The van der Waals surface area contributed by atoms with Crippen molar-refractivity contribution in [3.05, 3.63) is 36.5 Å². The Balaban J connectivity index is 2.36. The average molecular weight is 173 g/mol. The first kappa shape index (κ1) is 7.98. The Bertz CT molecular complexity index is 378. The molecule has 0 N–H and O–H groups in total. The summed E-state index contributed by atoms with van der Waals surface area (Å²) in [6.07, 6.45) is 1.79. The molecule has 0 aliphatic rings. The summed E-state index contributed by atoms with van der Waals surface area (Å²) in [6, 6.07) is 10.1. The minimum atomic E-state index is 0.812. The van der Waals surface area contributed by atoms with Gasteiger partial charge in [-0.25, -0.2) is 0 Å². The number of nitrogens with zero attached hydrogens (tertiary/aromatic N) is 3. The van der Waals surface area contributed by atoms with Crippen LogP contribution in [-0.4, -0.2) is 15.0 Å². The van der Waals surface area contributed by atoms with Crippen molar-refractivity contribution >= 4 is 0 Å². The summed E-state index contributed by atoms with van der Waals surface area (Å²) in [5.41, 5.74) is 2.05. The Labute approximate surface area is 77.0 Å². The topological polar surface area (TPSA) is 30.7 Å². The first-order chi connectivity index (χ1) is 6.40. The van der Waals surface area contributed by atoms with Crippen LogP contribution in [0.15, 0.2) is 36.5 Å². The highest BCUT2D eigenvalue weighted by molar-refractivity contribution is 5.56. The van der Waals surface area contributed by atoms with Crippen molar-refractivity contribution in [2.24, 2.45) is 0 Å². The van der Waals surface area contributed by atoms with Crippen molar-refractivity contribution in [1.82, 2.24) is 15.0 Å². The Morgan fingerprint density at radius 2 is 2.00 bits per heavy atom. The van der Waals surface area contributed by atoms with Crippen molar-refractivity contribution in [3.8, 4) is 11.3 Å². The quantitative estimate of drug-likeness (QED) is 0.695. The lowest BCUT2D eigenvalue weighted by Gasteiger charge is -1.93. The molecule has 1 aromatic heterocycles. The normalized spacial score (nSPS) is 10.2. The molecule has 0 aliphatic carbocycles. The van der Waals surface area contributed by atoms with Gasteiger partial charge >= 0.3 is 0 Å². The second kappa shape index (κ2) is 3.39. The first-order valence-electron chi connectivity index (χ1n) is 4.35. The molecule has 0 spiro atoms. The lowest BCUT2D eigenvalue weighted by Crippen LogP contribution is -1.97. The zero-order chi connectivity index (χ0) is 9.10. The van der Waals surface area contributed by atoms with Crippen LogP contribution in [0.3, 0.4) is 0 Å². The molecule has 13 heavy (non-hydrogen) atoms. The van der Waals surface area contributed by atoms with Gasteiger partial charge in [-0.15, -0.1) is 0 Å². The standard InChI is InChI=1S/C10H11N3/c1-2-13-11-8-10(12-13)9-6-4-3-5-7-9/h3-8H,2H2,1H3. The van der Waals surface area contributed by atoms with E-state index in [9.17, 15) is 0 Å². The zero-order valence-corrected chi connectivity index (χ0v) is 7.51. The Morgan fingerprint density at radius 3 is 2.62 bits per heavy atom. The molecule has 0 radical (unpaired) electrons. The predicted octanol–water partition coefficient (Wildman–Crippen LogP) is 1.97. The summed E-state index contributed by atoms with van der Waals surface area (Å²) in [6.45, 7) is 2.83. The summed E-state index contributed by atoms with van der Waals surface area (Å²) in [7, 11) is 0. The van der Waals surface area contributed by atoms with Gasteiger partial charge in [-0.2, -0.15) is 15.0 Å². The van der Waals surface area contributed by atoms with Crippen LogP contribution >= 0.6 is 0 Å². The van der Waals surface area contributed by atoms with Crippen LogP contribution in [0, 0.1) is 0 Å². The number of benzene rings is 1. The molecule has 66 valence electrons. The summed E-state index contributed by atoms with van der Waals surface area (Å²) in [5, 5.41) is 8.42. The molecule has 2 aromatic rings. The molecule has 0 bridgehead atoms. The third-order valence-electron chi connectivity index (χ3n) is 1.89. The van der Waals surface area contributed by atoms with E-state index in [1.165, 1.54) is 0 Å². The fourth-order valence-electron chi connectivity index (χ4n) is 1.19. The molecule has 0 saturated carbocycles. The third-order valence-corrected chi connectivity index (χ3v) is 1.89. The van der Waals surface area contributed by atoms with Gasteiger partial charge in [0.25, 0.3) is 0 Å². The number of rotatable bonds is 2. The Kier molecular flexibility index (Phi) is 2.08. The van der Waals surface area contributed by atoms with Crippen LogP contribution in [0.1, 0.15) is 6.92 Å². The highest BCUT2D eigenvalue weighted by Gasteiger charge is 2.00. The Morgan fingerprint density at radius 1 is 1.23 bits per heavy atom. The van der Waals surface area contributed by atoms with Crippen molar-refractivity contribution in [1.29, 1.82) is 0 Å². The first-order valence-corrected chi connectivity index (χ1v) is 4.35. The number of aryl methyl sites for hydroxylation is 1. The van der Waals surface area contributed by atoms with Crippen LogP contribution < -0.4 is 0 Å². The van der Waals surface area contributed by atoms with E-state index >= 15 is 0 Å². The molecular weight excluding hydrogens is 162 g/mol. The fourth-order valence-corrected chi connectivity index (χ4v) is 1.19. The lowest BCUT2D eigenvalue weighted by molar-refractivity contribution is 0.571. The van der Waals surface area contributed by atoms with E-state index in [2.05, 4.69) is 10.2 Å². The average Bonchev–Trinajstić information content (AvgIpc) is 2.67. The second-order valence-electron chi connectivity index (χ2n) is 2.78. The maximum absolute atomic E-state index is 4.30. The molecule has 0 unspecified atom stereocenters. The Hall–Kier alpha value is -1.64. The number of aromatic nitrogens is 3. The van der Waals surface area contributed by atoms with Gasteiger partial charge in [0.1, 0.15) is 5.69 Å². The molecule has 0 aliphatic heterocycles. The molecule has 0 amide bonds. The van der Waals surface area contributed by atoms with Gasteiger partial charge in [0, 0.05) is 5.56 Å². The van der Waals surface area contributed by atoms with E-state index in [1.54, 1.807) is 11.0 Å². The summed E-state index contributed by atoms with van der Waals surface area (Å²) < 4.78 is 0. The van der Waals surface area contributed by atoms with E-state index in [-0.39, 0.29) is 0 Å². The zero-order valence-electron chi connectivity index (χ0n) is 7.51. The smallest absolute Gasteiger partial charge is 0.113 e. The number of hydrogen-bond donors (Lipinski definition) is 0. The van der Waals surface area contributed by atoms with Crippen molar-refractivity contribution in [2.75, 3.05) is 0 Å². The lowest BCUT2D eigenvalue weighted by atomic mass is 10.2. The molecule has 3 heteroatoms. The van der Waals surface area contributed by atoms with Gasteiger partial charge < -0.3 is 0 Å². The van der Waals surface area contributed by atoms with Gasteiger partial charge in [0.15, 0.2) is 0 Å². The van der Waals surface area contributed by atoms with Gasteiger partial charge in [-0.1, -0.05) is 30.3 Å². The number of hydrogen-bond acceptors (Lipinski definition) is 2. The van der Waals surface area contributed by atoms with Crippen LogP contribution in [0.2, 0.25) is 0 Å². The van der Waals surface area contributed by atoms with E-state index in [4.69, 9.17) is 0 Å². The van der Waals surface area contributed by atoms with E-state index in [1.807, 2.05) is 37.3 Å². The van der Waals surface area contributed by atoms with Gasteiger partial charge in [-0.3, -0.25) is 0 Å². The SMILES string of the molecule is CCn1ncc(-c2ccccc2)n1. The maximum atomic E-state index is 4.30. The minimum absolute atomic E-state index is 0.812. The van der Waals surface area contributed by atoms with Crippen LogP contribution in [0.5, 0.6) is 0 Å². The van der Waals surface area contributed by atoms with E-state index < -0.39 is 0 Å². The molecule has 0 atom stereocenters. The summed E-state index contributed by atoms with van der Waals surface area (Å²) >= 11 is 0. The fraction of sp³-hybridized carbons (Fsp3) is 0.200. The van der Waals surface area contributed by atoms with Crippen molar-refractivity contribution < 1.29 is 0 Å². The molecular formula is C10H11N3. The monoisotopic (exact) mass is 173 g/mol. The summed E-state index contributed by atoms with van der Waals surface area (Å²) in [4.78, 5) is 1.68. The van der Waals surface area contributed by atoms with E-state index in [0.717, 1.165) is 17.8 Å².